The summed E-state index contributed by atoms with van der Waals surface area (Å²) >= 11 is 0. The van der Waals surface area contributed by atoms with Crippen LogP contribution >= 0.6 is 0 Å². The third kappa shape index (κ3) is 3.48. The number of carbonyl (C=O) groups excluding carboxylic acids is 1. The first-order valence-corrected chi connectivity index (χ1v) is 11.1. The van der Waals surface area contributed by atoms with Crippen LogP contribution in [-0.2, 0) is 10.4 Å². The third-order valence-corrected chi connectivity index (χ3v) is 7.21. The third-order valence-electron chi connectivity index (χ3n) is 7.21. The topological polar surface area (TPSA) is 37.3 Å². The van der Waals surface area contributed by atoms with E-state index in [1.165, 1.54) is 17.6 Å². The molecule has 0 radical (unpaired) electrons. The Morgan fingerprint density at radius 1 is 1.03 bits per heavy atom. The van der Waals surface area contributed by atoms with E-state index in [1.807, 2.05) is 55.5 Å². The van der Waals surface area contributed by atoms with Crippen molar-refractivity contribution in [2.45, 2.75) is 63.9 Å². The van der Waals surface area contributed by atoms with Gasteiger partial charge in [0, 0.05) is 11.8 Å². The van der Waals surface area contributed by atoms with Gasteiger partial charge in [-0.1, -0.05) is 80.1 Å². The molecule has 2 nitrogen and oxygen atoms in total. The Morgan fingerprint density at radius 2 is 1.66 bits per heavy atom. The van der Waals surface area contributed by atoms with Crippen LogP contribution in [0.25, 0.3) is 0 Å². The highest BCUT2D eigenvalue weighted by Crippen LogP contribution is 2.56. The molecular weight excluding hydrogens is 356 g/mol. The van der Waals surface area contributed by atoms with Crippen molar-refractivity contribution in [2.24, 2.45) is 11.8 Å². The van der Waals surface area contributed by atoms with Crippen molar-refractivity contribution in [2.75, 3.05) is 0 Å². The SMILES string of the molecule is CCC(C)C(=O)[C@H]1[C@H](c2ccccc2)CC2=C(CCCC2)[C@]1(O)c1ccccc1. The monoisotopic (exact) mass is 388 g/mol. The lowest BCUT2D eigenvalue weighted by atomic mass is 9.57. The first-order valence-electron chi connectivity index (χ1n) is 11.1. The van der Waals surface area contributed by atoms with Gasteiger partial charge in [0.05, 0.1) is 5.92 Å². The van der Waals surface area contributed by atoms with E-state index in [1.54, 1.807) is 0 Å². The minimum atomic E-state index is -1.21. The molecule has 1 unspecified atom stereocenters. The highest BCUT2D eigenvalue weighted by molar-refractivity contribution is 5.86. The minimum Gasteiger partial charge on any atom is -0.380 e. The van der Waals surface area contributed by atoms with Gasteiger partial charge in [-0.15, -0.1) is 0 Å². The molecule has 0 amide bonds. The van der Waals surface area contributed by atoms with Gasteiger partial charge in [-0.25, -0.2) is 0 Å². The average Bonchev–Trinajstić information content (AvgIpc) is 2.79. The van der Waals surface area contributed by atoms with Crippen molar-refractivity contribution in [3.63, 3.8) is 0 Å². The number of Topliss-reactive ketones (excluding diaryl/α,β-unsaturated/α-hetero) is 1. The Balaban J connectivity index is 1.95. The summed E-state index contributed by atoms with van der Waals surface area (Å²) < 4.78 is 0. The number of rotatable bonds is 5. The zero-order valence-corrected chi connectivity index (χ0v) is 17.6. The van der Waals surface area contributed by atoms with Gasteiger partial charge in [0.1, 0.15) is 11.4 Å². The van der Waals surface area contributed by atoms with Crippen molar-refractivity contribution in [3.05, 3.63) is 82.9 Å². The summed E-state index contributed by atoms with van der Waals surface area (Å²) in [5.74, 6) is -0.295. The molecule has 0 aliphatic heterocycles. The van der Waals surface area contributed by atoms with E-state index in [0.717, 1.165) is 43.2 Å². The van der Waals surface area contributed by atoms with Gasteiger partial charge in [-0.2, -0.15) is 0 Å². The van der Waals surface area contributed by atoms with Crippen LogP contribution in [0.5, 0.6) is 0 Å². The molecule has 29 heavy (non-hydrogen) atoms. The van der Waals surface area contributed by atoms with E-state index < -0.39 is 11.5 Å². The molecule has 4 rings (SSSR count). The van der Waals surface area contributed by atoms with Crippen LogP contribution in [0.1, 0.15) is 69.4 Å². The molecule has 0 fully saturated rings. The van der Waals surface area contributed by atoms with Crippen LogP contribution in [-0.4, -0.2) is 10.9 Å². The van der Waals surface area contributed by atoms with Gasteiger partial charge < -0.3 is 5.11 Å². The quantitative estimate of drug-likeness (QED) is 0.623. The predicted octanol–water partition coefficient (Wildman–Crippen LogP) is 6.16. The lowest BCUT2D eigenvalue weighted by Crippen LogP contribution is -2.50. The molecule has 2 aliphatic carbocycles. The van der Waals surface area contributed by atoms with E-state index in [-0.39, 0.29) is 17.6 Å². The maximum atomic E-state index is 13.8. The largest absolute Gasteiger partial charge is 0.380 e. The fourth-order valence-corrected chi connectivity index (χ4v) is 5.48. The number of hydrogen-bond acceptors (Lipinski definition) is 2. The number of ketones is 1. The molecule has 0 heterocycles. The lowest BCUT2D eigenvalue weighted by Gasteiger charge is -2.49. The molecule has 4 atom stereocenters. The van der Waals surface area contributed by atoms with E-state index in [4.69, 9.17) is 0 Å². The van der Waals surface area contributed by atoms with Crippen LogP contribution in [0, 0.1) is 11.8 Å². The Bertz CT molecular complexity index is 883. The zero-order valence-electron chi connectivity index (χ0n) is 17.6. The van der Waals surface area contributed by atoms with Crippen LogP contribution in [0.3, 0.4) is 0 Å². The minimum absolute atomic E-state index is 0.0137. The molecule has 0 saturated carbocycles. The van der Waals surface area contributed by atoms with E-state index in [9.17, 15) is 9.90 Å². The summed E-state index contributed by atoms with van der Waals surface area (Å²) in [5, 5.41) is 12.5. The summed E-state index contributed by atoms with van der Waals surface area (Å²) in [6.45, 7) is 4.08. The van der Waals surface area contributed by atoms with Gasteiger partial charge in [0.25, 0.3) is 0 Å². The molecule has 1 N–H and O–H groups in total. The van der Waals surface area contributed by atoms with Gasteiger partial charge in [-0.05, 0) is 55.2 Å². The number of allylic oxidation sites excluding steroid dienone is 1. The summed E-state index contributed by atoms with van der Waals surface area (Å²) in [6.07, 6.45) is 5.89. The smallest absolute Gasteiger partial charge is 0.142 e. The zero-order chi connectivity index (χ0) is 20.4. The number of aliphatic hydroxyl groups is 1. The summed E-state index contributed by atoms with van der Waals surface area (Å²) in [6, 6.07) is 20.3. The van der Waals surface area contributed by atoms with Crippen molar-refractivity contribution in [1.29, 1.82) is 0 Å². The van der Waals surface area contributed by atoms with Crippen LogP contribution in [0.2, 0.25) is 0 Å². The van der Waals surface area contributed by atoms with Crippen LogP contribution in [0.15, 0.2) is 71.8 Å². The van der Waals surface area contributed by atoms with Gasteiger partial charge in [0.2, 0.25) is 0 Å². The number of carbonyl (C=O) groups is 1. The fraction of sp³-hybridized carbons (Fsp3) is 0.444. The molecule has 152 valence electrons. The highest BCUT2D eigenvalue weighted by atomic mass is 16.3. The fourth-order valence-electron chi connectivity index (χ4n) is 5.48. The molecule has 0 saturated heterocycles. The summed E-state index contributed by atoms with van der Waals surface area (Å²) in [5.41, 5.74) is 3.33. The molecule has 2 aromatic rings. The number of hydrogen-bond donors (Lipinski definition) is 1. The lowest BCUT2D eigenvalue weighted by molar-refractivity contribution is -0.137. The van der Waals surface area contributed by atoms with Crippen LogP contribution in [0.4, 0.5) is 0 Å². The van der Waals surface area contributed by atoms with Gasteiger partial charge >= 0.3 is 0 Å². The Labute approximate surface area is 174 Å². The Morgan fingerprint density at radius 3 is 2.31 bits per heavy atom. The van der Waals surface area contributed by atoms with Crippen LogP contribution < -0.4 is 0 Å². The van der Waals surface area contributed by atoms with Crippen molar-refractivity contribution < 1.29 is 9.90 Å². The summed E-state index contributed by atoms with van der Waals surface area (Å²) in [7, 11) is 0. The highest BCUT2D eigenvalue weighted by Gasteiger charge is 2.54. The first-order chi connectivity index (χ1) is 14.1. The van der Waals surface area contributed by atoms with Crippen molar-refractivity contribution in [1.82, 2.24) is 0 Å². The maximum absolute atomic E-state index is 13.8. The first kappa shape index (κ1) is 20.1. The van der Waals surface area contributed by atoms with E-state index in [0.29, 0.717) is 0 Å². The van der Waals surface area contributed by atoms with Crippen molar-refractivity contribution in [3.8, 4) is 0 Å². The number of benzene rings is 2. The molecular formula is C27H32O2. The van der Waals surface area contributed by atoms with Gasteiger partial charge in [0.15, 0.2) is 0 Å². The normalized spacial score (nSPS) is 28.0. The molecule has 0 bridgehead atoms. The molecule has 2 heteroatoms. The second-order valence-corrected chi connectivity index (χ2v) is 8.83. The second-order valence-electron chi connectivity index (χ2n) is 8.83. The van der Waals surface area contributed by atoms with Gasteiger partial charge in [-0.3, -0.25) is 4.79 Å². The van der Waals surface area contributed by atoms with E-state index in [2.05, 4.69) is 19.1 Å². The molecule has 2 aromatic carbocycles. The average molecular weight is 389 g/mol. The van der Waals surface area contributed by atoms with Crippen molar-refractivity contribution >= 4 is 5.78 Å². The maximum Gasteiger partial charge on any atom is 0.142 e. The molecule has 0 aromatic heterocycles. The standard InChI is InChI=1S/C27H32O2/c1-3-19(2)26(28)25-23(20-12-6-4-7-13-20)18-21-14-10-11-17-24(21)27(25,29)22-15-8-5-9-16-22/h4-9,12-13,15-16,19,23,25,29H,3,10-11,14,17-18H2,1-2H3/t19?,23-,25+,27+/m0/s1. The second kappa shape index (κ2) is 8.28. The predicted molar refractivity (Wildman–Crippen MR) is 118 cm³/mol. The summed E-state index contributed by atoms with van der Waals surface area (Å²) in [4.78, 5) is 13.8. The molecule has 2 aliphatic rings. The van der Waals surface area contributed by atoms with E-state index >= 15 is 0 Å². The molecule has 0 spiro atoms. The Hall–Kier alpha value is -2.19. The Kier molecular flexibility index (Phi) is 5.74.